The average Bonchev–Trinajstić information content (AvgIpc) is 3.29. The molecule has 0 saturated heterocycles. The Labute approximate surface area is 212 Å². The number of benzene rings is 3. The Balaban J connectivity index is 1.25. The van der Waals surface area contributed by atoms with Gasteiger partial charge in [0.25, 0.3) is 0 Å². The van der Waals surface area contributed by atoms with Gasteiger partial charge in [0.2, 0.25) is 0 Å². The molecule has 1 N–H and O–H groups in total. The third-order valence-corrected chi connectivity index (χ3v) is 6.81. The molecule has 0 amide bonds. The van der Waals surface area contributed by atoms with Crippen molar-refractivity contribution in [3.8, 4) is 11.1 Å². The lowest BCUT2D eigenvalue weighted by atomic mass is 9.91. The van der Waals surface area contributed by atoms with E-state index in [0.717, 1.165) is 39.8 Å². The molecule has 0 saturated carbocycles. The molecular formula is C31H32N2O3. The van der Waals surface area contributed by atoms with Crippen LogP contribution in [0.4, 0.5) is 5.69 Å². The van der Waals surface area contributed by atoms with Crippen molar-refractivity contribution in [2.45, 2.75) is 32.2 Å². The van der Waals surface area contributed by atoms with E-state index in [1.165, 1.54) is 37.5 Å². The summed E-state index contributed by atoms with van der Waals surface area (Å²) >= 11 is 0. The molecule has 36 heavy (non-hydrogen) atoms. The van der Waals surface area contributed by atoms with Crippen LogP contribution >= 0.6 is 0 Å². The number of esters is 1. The lowest BCUT2D eigenvalue weighted by Gasteiger charge is -2.18. The van der Waals surface area contributed by atoms with Crippen LogP contribution in [-0.2, 0) is 28.9 Å². The number of carbonyl (C=O) groups is 1. The van der Waals surface area contributed by atoms with E-state index in [-0.39, 0.29) is 5.97 Å². The van der Waals surface area contributed by atoms with Crippen LogP contribution in [0.15, 0.2) is 85.2 Å². The topological polar surface area (TPSA) is 52.5 Å². The lowest BCUT2D eigenvalue weighted by molar-refractivity contribution is 0.0601. The number of aryl methyl sites for hydroxylation is 2. The summed E-state index contributed by atoms with van der Waals surface area (Å²) < 4.78 is 13.0. The molecule has 0 atom stereocenters. The van der Waals surface area contributed by atoms with Crippen molar-refractivity contribution in [1.29, 1.82) is 0 Å². The van der Waals surface area contributed by atoms with Gasteiger partial charge in [0, 0.05) is 40.6 Å². The van der Waals surface area contributed by atoms with Gasteiger partial charge in [-0.3, -0.25) is 0 Å². The molecule has 5 nitrogen and oxygen atoms in total. The highest BCUT2D eigenvalue weighted by atomic mass is 16.5. The lowest BCUT2D eigenvalue weighted by Crippen LogP contribution is -2.11. The summed E-state index contributed by atoms with van der Waals surface area (Å²) in [7, 11) is 1.40. The van der Waals surface area contributed by atoms with Crippen molar-refractivity contribution in [1.82, 2.24) is 4.57 Å². The van der Waals surface area contributed by atoms with Crippen LogP contribution in [0.1, 0.15) is 34.3 Å². The fraction of sp³-hybridized carbons (Fsp3) is 0.258. The highest BCUT2D eigenvalue weighted by molar-refractivity contribution is 6.00. The second kappa shape index (κ2) is 10.8. The molecule has 1 aromatic heterocycles. The summed E-state index contributed by atoms with van der Waals surface area (Å²) in [5, 5.41) is 4.48. The van der Waals surface area contributed by atoms with Gasteiger partial charge in [-0.05, 0) is 66.6 Å². The van der Waals surface area contributed by atoms with Crippen molar-refractivity contribution in [2.24, 2.45) is 0 Å². The maximum Gasteiger partial charge on any atom is 0.337 e. The Morgan fingerprint density at radius 2 is 1.81 bits per heavy atom. The monoisotopic (exact) mass is 480 g/mol. The first-order valence-electron chi connectivity index (χ1n) is 12.5. The van der Waals surface area contributed by atoms with E-state index in [2.05, 4.69) is 53.0 Å². The Morgan fingerprint density at radius 3 is 2.61 bits per heavy atom. The fourth-order valence-electron chi connectivity index (χ4n) is 4.98. The summed E-state index contributed by atoms with van der Waals surface area (Å²) in [5.74, 6) is -0.341. The van der Waals surface area contributed by atoms with E-state index in [1.54, 1.807) is 0 Å². The first-order chi connectivity index (χ1) is 17.6. The van der Waals surface area contributed by atoms with Gasteiger partial charge in [-0.1, -0.05) is 49.0 Å². The van der Waals surface area contributed by atoms with Crippen LogP contribution in [0.5, 0.6) is 0 Å². The number of anilines is 1. The largest absolute Gasteiger partial charge is 0.465 e. The molecule has 184 valence electrons. The molecular weight excluding hydrogens is 448 g/mol. The van der Waals surface area contributed by atoms with E-state index in [9.17, 15) is 4.79 Å². The molecule has 5 heteroatoms. The second-order valence-corrected chi connectivity index (χ2v) is 9.30. The van der Waals surface area contributed by atoms with Crippen LogP contribution in [0.25, 0.3) is 22.0 Å². The Kier molecular flexibility index (Phi) is 7.19. The molecule has 3 aromatic carbocycles. The first-order valence-corrected chi connectivity index (χ1v) is 12.5. The Bertz CT molecular complexity index is 1390. The van der Waals surface area contributed by atoms with Gasteiger partial charge in [0.1, 0.15) is 0 Å². The first kappa shape index (κ1) is 23.9. The zero-order valence-corrected chi connectivity index (χ0v) is 20.8. The number of methoxy groups -OCH3 is 1. The SMILES string of the molecule is C=C(COCCn1cc(-c2ccccc2)c2ccc(C(=O)OC)cc21)Nc1ccc2c(c1)CCCC2. The fourth-order valence-corrected chi connectivity index (χ4v) is 4.98. The van der Waals surface area contributed by atoms with E-state index < -0.39 is 0 Å². The van der Waals surface area contributed by atoms with Gasteiger partial charge in [-0.25, -0.2) is 4.79 Å². The number of nitrogens with zero attached hydrogens (tertiary/aromatic N) is 1. The van der Waals surface area contributed by atoms with Gasteiger partial charge in [0.05, 0.1) is 25.9 Å². The molecule has 0 unspecified atom stereocenters. The van der Waals surface area contributed by atoms with E-state index in [4.69, 9.17) is 9.47 Å². The average molecular weight is 481 g/mol. The number of hydrogen-bond acceptors (Lipinski definition) is 4. The van der Waals surface area contributed by atoms with Crippen molar-refractivity contribution < 1.29 is 14.3 Å². The molecule has 0 spiro atoms. The van der Waals surface area contributed by atoms with Crippen molar-refractivity contribution >= 4 is 22.6 Å². The third kappa shape index (κ3) is 5.21. The van der Waals surface area contributed by atoms with Gasteiger partial charge in [0.15, 0.2) is 0 Å². The van der Waals surface area contributed by atoms with Crippen LogP contribution < -0.4 is 5.32 Å². The minimum atomic E-state index is -0.341. The molecule has 0 fully saturated rings. The summed E-state index contributed by atoms with van der Waals surface area (Å²) in [4.78, 5) is 12.1. The highest BCUT2D eigenvalue weighted by Gasteiger charge is 2.14. The van der Waals surface area contributed by atoms with Gasteiger partial charge < -0.3 is 19.4 Å². The zero-order chi connectivity index (χ0) is 24.9. The van der Waals surface area contributed by atoms with Crippen LogP contribution in [0.3, 0.4) is 0 Å². The van der Waals surface area contributed by atoms with Crippen LogP contribution in [-0.4, -0.2) is 30.9 Å². The normalized spacial score (nSPS) is 12.8. The van der Waals surface area contributed by atoms with Crippen molar-refractivity contribution in [2.75, 3.05) is 25.6 Å². The molecule has 1 heterocycles. The molecule has 1 aliphatic rings. The van der Waals surface area contributed by atoms with Gasteiger partial charge in [-0.15, -0.1) is 0 Å². The summed E-state index contributed by atoms with van der Waals surface area (Å²) in [6.45, 7) is 5.74. The predicted molar refractivity (Wildman–Crippen MR) is 145 cm³/mol. The molecule has 1 aliphatic carbocycles. The smallest absolute Gasteiger partial charge is 0.337 e. The van der Waals surface area contributed by atoms with E-state index >= 15 is 0 Å². The van der Waals surface area contributed by atoms with Crippen molar-refractivity contribution in [3.63, 3.8) is 0 Å². The quantitative estimate of drug-likeness (QED) is 0.216. The Hall–Kier alpha value is -3.83. The second-order valence-electron chi connectivity index (χ2n) is 9.30. The molecule has 0 radical (unpaired) electrons. The van der Waals surface area contributed by atoms with Crippen LogP contribution in [0, 0.1) is 0 Å². The summed E-state index contributed by atoms with van der Waals surface area (Å²) in [5.41, 5.74) is 8.59. The summed E-state index contributed by atoms with van der Waals surface area (Å²) in [6, 6.07) is 22.6. The number of aromatic nitrogens is 1. The highest BCUT2D eigenvalue weighted by Crippen LogP contribution is 2.31. The standard InChI is InChI=1S/C31H32N2O3/c1-22(32-27-14-12-23-8-6-7-11-25(23)18-27)21-36-17-16-33-20-29(24-9-4-3-5-10-24)28-15-13-26(19-30(28)33)31(34)35-2/h3-5,9-10,12-15,18-20,32H,1,6-8,11,16-17,21H2,2H3. The molecule has 4 aromatic rings. The van der Waals surface area contributed by atoms with E-state index in [0.29, 0.717) is 25.3 Å². The maximum absolute atomic E-state index is 12.1. The zero-order valence-electron chi connectivity index (χ0n) is 20.8. The number of fused-ring (bicyclic) bond motifs is 2. The predicted octanol–water partition coefficient (Wildman–Crippen LogP) is 6.62. The third-order valence-electron chi connectivity index (χ3n) is 6.81. The number of carbonyl (C=O) groups excluding carboxylic acids is 1. The van der Waals surface area contributed by atoms with Crippen molar-refractivity contribution in [3.05, 3.63) is 102 Å². The van der Waals surface area contributed by atoms with Gasteiger partial charge in [-0.2, -0.15) is 0 Å². The molecule has 5 rings (SSSR count). The summed E-state index contributed by atoms with van der Waals surface area (Å²) in [6.07, 6.45) is 7.02. The molecule has 0 aliphatic heterocycles. The van der Waals surface area contributed by atoms with E-state index in [1.807, 2.05) is 36.4 Å². The minimum absolute atomic E-state index is 0.341. The number of rotatable bonds is 9. The van der Waals surface area contributed by atoms with Crippen LogP contribution in [0.2, 0.25) is 0 Å². The van der Waals surface area contributed by atoms with Gasteiger partial charge >= 0.3 is 5.97 Å². The number of nitrogens with one attached hydrogen (secondary N) is 1. The molecule has 0 bridgehead atoms. The number of ether oxygens (including phenoxy) is 2. The number of hydrogen-bond donors (Lipinski definition) is 1. The Morgan fingerprint density at radius 1 is 1.00 bits per heavy atom. The maximum atomic E-state index is 12.1. The minimum Gasteiger partial charge on any atom is -0.465 e.